The number of halogens is 3. The van der Waals surface area contributed by atoms with E-state index in [4.69, 9.17) is 0 Å². The highest BCUT2D eigenvalue weighted by molar-refractivity contribution is 7.15. The summed E-state index contributed by atoms with van der Waals surface area (Å²) in [5.41, 5.74) is -0.550. The van der Waals surface area contributed by atoms with Gasteiger partial charge in [0.1, 0.15) is 5.01 Å². The van der Waals surface area contributed by atoms with Gasteiger partial charge in [-0.25, -0.2) is 0 Å². The van der Waals surface area contributed by atoms with Gasteiger partial charge in [0, 0.05) is 5.69 Å². The van der Waals surface area contributed by atoms with Gasteiger partial charge >= 0.3 is 6.18 Å². The van der Waals surface area contributed by atoms with Gasteiger partial charge in [-0.2, -0.15) is 13.2 Å². The van der Waals surface area contributed by atoms with Gasteiger partial charge in [-0.3, -0.25) is 10.1 Å². The van der Waals surface area contributed by atoms with Crippen molar-refractivity contribution in [2.75, 3.05) is 17.2 Å². The smallest absolute Gasteiger partial charge is 0.376 e. The number of benzene rings is 1. The predicted molar refractivity (Wildman–Crippen MR) is 77.9 cm³/mol. The van der Waals surface area contributed by atoms with Crippen molar-refractivity contribution in [2.24, 2.45) is 0 Å². The van der Waals surface area contributed by atoms with Crippen molar-refractivity contribution in [3.63, 3.8) is 0 Å². The fourth-order valence-electron chi connectivity index (χ4n) is 1.60. The number of carbonyl (C=O) groups is 1. The third-order valence-electron chi connectivity index (χ3n) is 2.66. The fraction of sp³-hybridized carbons (Fsp3) is 0.308. The van der Waals surface area contributed by atoms with Crippen molar-refractivity contribution in [1.29, 1.82) is 0 Å². The Morgan fingerprint density at radius 2 is 2.09 bits per heavy atom. The average molecular weight is 330 g/mol. The first kappa shape index (κ1) is 16.2. The Morgan fingerprint density at radius 1 is 1.32 bits per heavy atom. The number of aryl methyl sites for hydroxylation is 1. The van der Waals surface area contributed by atoms with Gasteiger partial charge in [-0.15, -0.1) is 10.2 Å². The van der Waals surface area contributed by atoms with Crippen LogP contribution in [-0.4, -0.2) is 22.6 Å². The van der Waals surface area contributed by atoms with Crippen molar-refractivity contribution in [3.05, 3.63) is 34.8 Å². The van der Waals surface area contributed by atoms with Crippen molar-refractivity contribution in [2.45, 2.75) is 19.5 Å². The van der Waals surface area contributed by atoms with Crippen LogP contribution in [0.15, 0.2) is 24.3 Å². The monoisotopic (exact) mass is 330 g/mol. The maximum atomic E-state index is 12.6. The first-order valence-electron chi connectivity index (χ1n) is 6.42. The summed E-state index contributed by atoms with van der Waals surface area (Å²) in [5.74, 6) is -0.406. The van der Waals surface area contributed by atoms with E-state index < -0.39 is 17.6 Å². The lowest BCUT2D eigenvalue weighted by Gasteiger charge is -2.10. The van der Waals surface area contributed by atoms with E-state index in [-0.39, 0.29) is 12.2 Å². The Labute approximate surface area is 128 Å². The average Bonchev–Trinajstić information content (AvgIpc) is 2.92. The molecule has 22 heavy (non-hydrogen) atoms. The quantitative estimate of drug-likeness (QED) is 0.884. The van der Waals surface area contributed by atoms with E-state index >= 15 is 0 Å². The van der Waals surface area contributed by atoms with Crippen LogP contribution in [0, 0.1) is 0 Å². The Hall–Kier alpha value is -2.16. The molecule has 0 bridgehead atoms. The number of hydrogen-bond donors (Lipinski definition) is 2. The molecule has 118 valence electrons. The van der Waals surface area contributed by atoms with Crippen molar-refractivity contribution in [1.82, 2.24) is 10.2 Å². The maximum absolute atomic E-state index is 12.6. The standard InChI is InChI=1S/C13H13F3N4OS/c1-2-11-19-20-12(22-11)18-10(21)7-17-9-5-3-4-8(6-9)13(14,15)16/h3-6,17H,2,7H2,1H3,(H,18,20,21). The minimum absolute atomic E-state index is 0.164. The third-order valence-corrected chi connectivity index (χ3v) is 3.64. The molecule has 1 aromatic heterocycles. The highest BCUT2D eigenvalue weighted by Crippen LogP contribution is 2.30. The summed E-state index contributed by atoms with van der Waals surface area (Å²) < 4.78 is 37.7. The highest BCUT2D eigenvalue weighted by atomic mass is 32.1. The van der Waals surface area contributed by atoms with Gasteiger partial charge in [0.15, 0.2) is 0 Å². The highest BCUT2D eigenvalue weighted by Gasteiger charge is 2.30. The number of anilines is 2. The molecule has 0 saturated heterocycles. The molecule has 1 heterocycles. The van der Waals surface area contributed by atoms with Crippen molar-refractivity contribution < 1.29 is 18.0 Å². The molecule has 0 aliphatic heterocycles. The molecule has 2 N–H and O–H groups in total. The lowest BCUT2D eigenvalue weighted by atomic mass is 10.2. The molecule has 2 rings (SSSR count). The number of hydrogen-bond acceptors (Lipinski definition) is 5. The fourth-order valence-corrected chi connectivity index (χ4v) is 2.29. The minimum atomic E-state index is -4.41. The first-order valence-corrected chi connectivity index (χ1v) is 7.23. The molecule has 9 heteroatoms. The number of nitrogens with one attached hydrogen (secondary N) is 2. The summed E-state index contributed by atoms with van der Waals surface area (Å²) in [6.07, 6.45) is -3.70. The number of amides is 1. The maximum Gasteiger partial charge on any atom is 0.416 e. The van der Waals surface area contributed by atoms with E-state index in [9.17, 15) is 18.0 Å². The van der Waals surface area contributed by atoms with E-state index in [1.165, 1.54) is 23.5 Å². The zero-order valence-electron chi connectivity index (χ0n) is 11.6. The second-order valence-corrected chi connectivity index (χ2v) is 5.40. The molecule has 0 saturated carbocycles. The van der Waals surface area contributed by atoms with Crippen LogP contribution in [0.25, 0.3) is 0 Å². The molecule has 0 aliphatic carbocycles. The molecule has 1 amide bonds. The molecule has 1 aromatic carbocycles. The van der Waals surface area contributed by atoms with Crippen LogP contribution < -0.4 is 10.6 Å². The lowest BCUT2D eigenvalue weighted by molar-refractivity contribution is -0.137. The van der Waals surface area contributed by atoms with Crippen molar-refractivity contribution >= 4 is 28.1 Å². The second kappa shape index (κ2) is 6.73. The number of rotatable bonds is 5. The molecule has 0 spiro atoms. The SMILES string of the molecule is CCc1nnc(NC(=O)CNc2cccc(C(F)(F)F)c2)s1. The molecular weight excluding hydrogens is 317 g/mol. The summed E-state index contributed by atoms with van der Waals surface area (Å²) in [7, 11) is 0. The summed E-state index contributed by atoms with van der Waals surface area (Å²) in [5, 5.41) is 14.0. The first-order chi connectivity index (χ1) is 10.4. The molecule has 2 aromatic rings. The van der Waals surface area contributed by atoms with Crippen LogP contribution in [0.4, 0.5) is 24.0 Å². The zero-order valence-corrected chi connectivity index (χ0v) is 12.4. The van der Waals surface area contributed by atoms with E-state index in [0.29, 0.717) is 5.13 Å². The van der Waals surface area contributed by atoms with Gasteiger partial charge in [0.05, 0.1) is 12.1 Å². The lowest BCUT2D eigenvalue weighted by Crippen LogP contribution is -2.21. The number of aromatic nitrogens is 2. The molecule has 0 atom stereocenters. The zero-order chi connectivity index (χ0) is 16.2. The number of alkyl halides is 3. The Balaban J connectivity index is 1.91. The second-order valence-electron chi connectivity index (χ2n) is 4.33. The van der Waals surface area contributed by atoms with Crippen molar-refractivity contribution in [3.8, 4) is 0 Å². The molecule has 0 fully saturated rings. The van der Waals surface area contributed by atoms with Gasteiger partial charge in [-0.05, 0) is 24.6 Å². The normalized spacial score (nSPS) is 11.3. The van der Waals surface area contributed by atoms with Crippen LogP contribution in [-0.2, 0) is 17.4 Å². The third kappa shape index (κ3) is 4.42. The summed E-state index contributed by atoms with van der Waals surface area (Å²) in [6, 6.07) is 4.66. The molecule has 0 radical (unpaired) electrons. The van der Waals surface area contributed by atoms with Crippen LogP contribution in [0.5, 0.6) is 0 Å². The van der Waals surface area contributed by atoms with E-state index in [0.717, 1.165) is 23.6 Å². The van der Waals surface area contributed by atoms with Gasteiger partial charge in [0.2, 0.25) is 11.0 Å². The molecule has 0 unspecified atom stereocenters. The van der Waals surface area contributed by atoms with Crippen LogP contribution in [0.2, 0.25) is 0 Å². The summed E-state index contributed by atoms with van der Waals surface area (Å²) in [4.78, 5) is 11.7. The molecule has 0 aliphatic rings. The van der Waals surface area contributed by atoms with Crippen LogP contribution in [0.3, 0.4) is 0 Å². The predicted octanol–water partition coefficient (Wildman–Crippen LogP) is 3.17. The molecular formula is C13H13F3N4OS. The minimum Gasteiger partial charge on any atom is -0.376 e. The Bertz CT molecular complexity index is 657. The van der Waals surface area contributed by atoms with E-state index in [2.05, 4.69) is 20.8 Å². The van der Waals surface area contributed by atoms with E-state index in [1.54, 1.807) is 0 Å². The summed E-state index contributed by atoms with van der Waals surface area (Å²) >= 11 is 1.26. The van der Waals surface area contributed by atoms with Gasteiger partial charge < -0.3 is 5.32 Å². The van der Waals surface area contributed by atoms with Crippen LogP contribution >= 0.6 is 11.3 Å². The Kier molecular flexibility index (Phi) is 4.96. The summed E-state index contributed by atoms with van der Waals surface area (Å²) in [6.45, 7) is 1.75. The Morgan fingerprint density at radius 3 is 2.73 bits per heavy atom. The topological polar surface area (TPSA) is 66.9 Å². The van der Waals surface area contributed by atoms with Crippen LogP contribution in [0.1, 0.15) is 17.5 Å². The largest absolute Gasteiger partial charge is 0.416 e. The van der Waals surface area contributed by atoms with Gasteiger partial charge in [0.25, 0.3) is 0 Å². The van der Waals surface area contributed by atoms with E-state index in [1.807, 2.05) is 6.92 Å². The number of nitrogens with zero attached hydrogens (tertiary/aromatic N) is 2. The molecule has 5 nitrogen and oxygen atoms in total. The number of carbonyl (C=O) groups excluding carboxylic acids is 1. The van der Waals surface area contributed by atoms with Gasteiger partial charge in [-0.1, -0.05) is 24.3 Å².